The molecular weight excluding hydrogens is 420 g/mol. The molecule has 33 heavy (non-hydrogen) atoms. The standard InChI is InChI=1S/C23H10N8O2/c1-12-19-21(30-16(9-26)14(7-24)28-19)18(23(32)33-11-13-5-3-2-4-6-13)22-20(12)29-15(8-25)17(10-27)31-22/h2-6H,11H2,1H3. The fourth-order valence-electron chi connectivity index (χ4n) is 3.27. The van der Waals surface area contributed by atoms with Gasteiger partial charge in [0.2, 0.25) is 0 Å². The summed E-state index contributed by atoms with van der Waals surface area (Å²) in [6.07, 6.45) is 0. The minimum absolute atomic E-state index is 0.0171. The highest BCUT2D eigenvalue weighted by Gasteiger charge is 2.26. The van der Waals surface area contributed by atoms with Gasteiger partial charge < -0.3 is 4.74 Å². The largest absolute Gasteiger partial charge is 0.457 e. The smallest absolute Gasteiger partial charge is 0.343 e. The molecule has 0 aliphatic heterocycles. The average molecular weight is 430 g/mol. The summed E-state index contributed by atoms with van der Waals surface area (Å²) in [5, 5.41) is 37.5. The van der Waals surface area contributed by atoms with E-state index in [1.54, 1.807) is 55.5 Å². The van der Waals surface area contributed by atoms with Crippen LogP contribution in [0.2, 0.25) is 0 Å². The molecule has 0 spiro atoms. The van der Waals surface area contributed by atoms with E-state index in [0.29, 0.717) is 5.56 Å². The van der Waals surface area contributed by atoms with Crippen LogP contribution in [-0.2, 0) is 11.3 Å². The van der Waals surface area contributed by atoms with Crippen LogP contribution in [0.25, 0.3) is 22.1 Å². The SMILES string of the molecule is Cc1c2nc(C#N)c(C#N)nc2c(C(=O)OCc2ccccc2)c2nc(C#N)c(C#N)nc12. The predicted molar refractivity (Wildman–Crippen MR) is 112 cm³/mol. The summed E-state index contributed by atoms with van der Waals surface area (Å²) in [6.45, 7) is 1.55. The quantitative estimate of drug-likeness (QED) is 0.347. The fraction of sp³-hybridized carbons (Fsp3) is 0.0870. The van der Waals surface area contributed by atoms with Crippen molar-refractivity contribution in [2.75, 3.05) is 0 Å². The molecule has 4 aromatic rings. The zero-order chi connectivity index (χ0) is 23.5. The average Bonchev–Trinajstić information content (AvgIpc) is 2.86. The number of hydrogen-bond acceptors (Lipinski definition) is 10. The van der Waals surface area contributed by atoms with Crippen LogP contribution < -0.4 is 0 Å². The van der Waals surface area contributed by atoms with Crippen LogP contribution in [-0.4, -0.2) is 25.9 Å². The van der Waals surface area contributed by atoms with Crippen LogP contribution in [0.15, 0.2) is 30.3 Å². The third kappa shape index (κ3) is 3.51. The zero-order valence-electron chi connectivity index (χ0n) is 17.0. The Morgan fingerprint density at radius 2 is 1.18 bits per heavy atom. The molecule has 10 nitrogen and oxygen atoms in total. The van der Waals surface area contributed by atoms with Crippen molar-refractivity contribution >= 4 is 28.0 Å². The second-order valence-corrected chi connectivity index (χ2v) is 6.75. The summed E-state index contributed by atoms with van der Waals surface area (Å²) in [5.74, 6) is -0.834. The second-order valence-electron chi connectivity index (χ2n) is 6.75. The molecular formula is C23H10N8O2. The molecule has 10 heteroatoms. The van der Waals surface area contributed by atoms with Crippen molar-refractivity contribution in [1.29, 1.82) is 21.0 Å². The molecule has 0 bridgehead atoms. The van der Waals surface area contributed by atoms with Gasteiger partial charge in [-0.1, -0.05) is 30.3 Å². The monoisotopic (exact) mass is 430 g/mol. The van der Waals surface area contributed by atoms with E-state index in [1.807, 2.05) is 6.07 Å². The molecule has 2 heterocycles. The van der Waals surface area contributed by atoms with Crippen LogP contribution in [0.1, 0.15) is 44.3 Å². The van der Waals surface area contributed by atoms with Crippen LogP contribution in [0, 0.1) is 52.2 Å². The lowest BCUT2D eigenvalue weighted by Crippen LogP contribution is -2.12. The molecule has 0 saturated heterocycles. The third-order valence-corrected chi connectivity index (χ3v) is 4.82. The van der Waals surface area contributed by atoms with E-state index in [4.69, 9.17) is 4.74 Å². The van der Waals surface area contributed by atoms with Gasteiger partial charge in [-0.2, -0.15) is 21.0 Å². The molecule has 2 aromatic carbocycles. The summed E-state index contributed by atoms with van der Waals surface area (Å²) < 4.78 is 5.46. The number of esters is 1. The maximum atomic E-state index is 13.2. The molecule has 0 radical (unpaired) electrons. The normalized spacial score (nSPS) is 10.1. The summed E-state index contributed by atoms with van der Waals surface area (Å²) >= 11 is 0. The molecule has 0 fully saturated rings. The van der Waals surface area contributed by atoms with Crippen LogP contribution in [0.5, 0.6) is 0 Å². The Morgan fingerprint density at radius 3 is 1.61 bits per heavy atom. The molecule has 0 unspecified atom stereocenters. The van der Waals surface area contributed by atoms with Crippen LogP contribution >= 0.6 is 0 Å². The molecule has 0 N–H and O–H groups in total. The molecule has 0 aliphatic carbocycles. The Labute approximate surface area is 186 Å². The van der Waals surface area contributed by atoms with Gasteiger partial charge in [-0.05, 0) is 12.5 Å². The van der Waals surface area contributed by atoms with Crippen molar-refractivity contribution in [2.24, 2.45) is 0 Å². The van der Waals surface area contributed by atoms with E-state index in [0.717, 1.165) is 5.56 Å². The molecule has 0 atom stereocenters. The third-order valence-electron chi connectivity index (χ3n) is 4.82. The van der Waals surface area contributed by atoms with E-state index in [-0.39, 0.29) is 57.0 Å². The number of fused-ring (bicyclic) bond motifs is 2. The topological polar surface area (TPSA) is 173 Å². The Morgan fingerprint density at radius 1 is 0.758 bits per heavy atom. The van der Waals surface area contributed by atoms with Gasteiger partial charge >= 0.3 is 5.97 Å². The number of benzene rings is 2. The minimum Gasteiger partial charge on any atom is -0.457 e. The number of nitrogens with zero attached hydrogens (tertiary/aromatic N) is 8. The first kappa shape index (κ1) is 20.8. The van der Waals surface area contributed by atoms with E-state index in [9.17, 15) is 25.8 Å². The van der Waals surface area contributed by atoms with Gasteiger partial charge in [0.05, 0.1) is 11.0 Å². The van der Waals surface area contributed by atoms with Crippen molar-refractivity contribution in [3.8, 4) is 24.3 Å². The Kier molecular flexibility index (Phi) is 5.27. The number of ether oxygens (including phenoxy) is 1. The van der Waals surface area contributed by atoms with Gasteiger partial charge in [0.25, 0.3) is 0 Å². The number of aromatic nitrogens is 4. The first-order chi connectivity index (χ1) is 16.0. The lowest BCUT2D eigenvalue weighted by Gasteiger charge is -2.13. The van der Waals surface area contributed by atoms with E-state index in [2.05, 4.69) is 19.9 Å². The minimum atomic E-state index is -0.834. The first-order valence-electron chi connectivity index (χ1n) is 9.39. The van der Waals surface area contributed by atoms with Crippen molar-refractivity contribution < 1.29 is 9.53 Å². The molecule has 2 aromatic heterocycles. The van der Waals surface area contributed by atoms with E-state index < -0.39 is 5.97 Å². The number of rotatable bonds is 3. The maximum Gasteiger partial charge on any atom is 0.343 e. The fourth-order valence-corrected chi connectivity index (χ4v) is 3.27. The summed E-state index contributed by atoms with van der Waals surface area (Å²) in [7, 11) is 0. The lowest BCUT2D eigenvalue weighted by molar-refractivity contribution is 0.0477. The number of nitriles is 4. The Balaban J connectivity index is 2.05. The summed E-state index contributed by atoms with van der Waals surface area (Å²) in [6, 6.07) is 16.2. The first-order valence-corrected chi connectivity index (χ1v) is 9.39. The highest BCUT2D eigenvalue weighted by atomic mass is 16.5. The van der Waals surface area contributed by atoms with Gasteiger partial charge in [-0.3, -0.25) is 0 Å². The maximum absolute atomic E-state index is 13.2. The number of carbonyl (C=O) groups is 1. The Bertz CT molecular complexity index is 1540. The van der Waals surface area contributed by atoms with Gasteiger partial charge in [0, 0.05) is 5.56 Å². The lowest BCUT2D eigenvalue weighted by atomic mass is 10.0. The molecule has 4 rings (SSSR count). The Hall–Kier alpha value is -5.45. The van der Waals surface area contributed by atoms with Crippen molar-refractivity contribution in [2.45, 2.75) is 13.5 Å². The zero-order valence-corrected chi connectivity index (χ0v) is 17.0. The predicted octanol–water partition coefficient (Wildman–Crippen LogP) is 2.73. The molecule has 0 aliphatic rings. The van der Waals surface area contributed by atoms with Crippen molar-refractivity contribution in [3.63, 3.8) is 0 Å². The molecule has 0 saturated carbocycles. The van der Waals surface area contributed by atoms with Crippen molar-refractivity contribution in [1.82, 2.24) is 19.9 Å². The second kappa shape index (κ2) is 8.35. The molecule has 154 valence electrons. The highest BCUT2D eigenvalue weighted by Crippen LogP contribution is 2.30. The van der Waals surface area contributed by atoms with E-state index >= 15 is 0 Å². The molecule has 0 amide bonds. The number of hydrogen-bond donors (Lipinski definition) is 0. The van der Waals surface area contributed by atoms with Crippen LogP contribution in [0.4, 0.5) is 0 Å². The summed E-state index contributed by atoms with van der Waals surface area (Å²) in [4.78, 5) is 30.0. The van der Waals surface area contributed by atoms with Crippen molar-refractivity contribution in [3.05, 3.63) is 69.8 Å². The van der Waals surface area contributed by atoms with E-state index in [1.165, 1.54) is 0 Å². The van der Waals surface area contributed by atoms with Gasteiger partial charge in [0.15, 0.2) is 22.8 Å². The summed E-state index contributed by atoms with van der Waals surface area (Å²) in [5.41, 5.74) is 0.179. The van der Waals surface area contributed by atoms with Crippen LogP contribution in [0.3, 0.4) is 0 Å². The highest BCUT2D eigenvalue weighted by molar-refractivity contribution is 6.14. The number of carbonyl (C=O) groups excluding carboxylic acids is 1. The van der Waals surface area contributed by atoms with Gasteiger partial charge in [-0.15, -0.1) is 0 Å². The van der Waals surface area contributed by atoms with Gasteiger partial charge in [0.1, 0.15) is 47.5 Å². The number of aryl methyl sites for hydroxylation is 1. The van der Waals surface area contributed by atoms with Gasteiger partial charge in [-0.25, -0.2) is 24.7 Å².